The molecule has 1 aromatic carbocycles. The van der Waals surface area contributed by atoms with E-state index < -0.39 is 86.6 Å². The predicted octanol–water partition coefficient (Wildman–Crippen LogP) is 3.81. The number of hydrogen-bond acceptors (Lipinski definition) is 5. The number of aromatic nitrogens is 1. The van der Waals surface area contributed by atoms with E-state index in [1.165, 1.54) is 0 Å². The molecular weight excluding hydrogens is 596 g/mol. The summed E-state index contributed by atoms with van der Waals surface area (Å²) in [5, 5.41) is 3.95. The standard InChI is InChI=1S/C22H18BrF6N3O4S/c1-37(35,36)10-18(33)31-9-14-13(17-5-2-11(8-30-17)19(25)26)7-21(22(27,28)29,32-20(14)34)15-4-3-12(23)6-16(15)24/h2-6,8,19H,7,9-10H2,1H3,(H,31,33)(H,32,34). The van der Waals surface area contributed by atoms with Crippen molar-refractivity contribution in [1.82, 2.24) is 15.6 Å². The molecule has 7 nitrogen and oxygen atoms in total. The molecule has 3 rings (SSSR count). The van der Waals surface area contributed by atoms with Crippen LogP contribution < -0.4 is 10.6 Å². The van der Waals surface area contributed by atoms with Crippen molar-refractivity contribution in [2.24, 2.45) is 0 Å². The first-order chi connectivity index (χ1) is 17.0. The van der Waals surface area contributed by atoms with Gasteiger partial charge in [0, 0.05) is 46.6 Å². The fraction of sp³-hybridized carbons (Fsp3) is 0.318. The van der Waals surface area contributed by atoms with E-state index in [0.717, 1.165) is 42.8 Å². The van der Waals surface area contributed by atoms with Gasteiger partial charge in [-0.1, -0.05) is 22.0 Å². The number of alkyl halides is 5. The van der Waals surface area contributed by atoms with E-state index in [-0.39, 0.29) is 10.2 Å². The SMILES string of the molecule is CS(=O)(=O)CC(=O)NCC1=C(c2ccc(C(F)F)cn2)CC(c2ccc(Br)cc2F)(C(F)(F)F)NC1=O. The molecule has 15 heteroatoms. The molecule has 0 saturated heterocycles. The molecule has 2 aromatic rings. The zero-order valence-electron chi connectivity index (χ0n) is 18.8. The van der Waals surface area contributed by atoms with E-state index >= 15 is 0 Å². The van der Waals surface area contributed by atoms with Crippen LogP contribution in [0.1, 0.15) is 29.7 Å². The summed E-state index contributed by atoms with van der Waals surface area (Å²) < 4.78 is 107. The molecule has 0 saturated carbocycles. The summed E-state index contributed by atoms with van der Waals surface area (Å²) in [7, 11) is -3.76. The zero-order valence-corrected chi connectivity index (χ0v) is 21.2. The van der Waals surface area contributed by atoms with E-state index in [4.69, 9.17) is 0 Å². The Morgan fingerprint density at radius 3 is 2.43 bits per heavy atom. The highest BCUT2D eigenvalue weighted by Gasteiger charge is 2.60. The number of pyridine rings is 1. The molecule has 0 spiro atoms. The summed E-state index contributed by atoms with van der Waals surface area (Å²) in [6, 6.07) is 4.67. The Kier molecular flexibility index (Phi) is 8.08. The van der Waals surface area contributed by atoms with Gasteiger partial charge in [-0.05, 0) is 29.8 Å². The average Bonchev–Trinajstić information content (AvgIpc) is 2.76. The monoisotopic (exact) mass is 613 g/mol. The Balaban J connectivity index is 2.17. The molecular formula is C22H18BrF6N3O4S. The van der Waals surface area contributed by atoms with E-state index in [1.807, 2.05) is 0 Å². The molecule has 1 unspecified atom stereocenters. The van der Waals surface area contributed by atoms with Crippen LogP contribution in [-0.2, 0) is 25.0 Å². The van der Waals surface area contributed by atoms with E-state index in [9.17, 15) is 44.3 Å². The van der Waals surface area contributed by atoms with Crippen LogP contribution in [0, 0.1) is 5.82 Å². The maximum absolute atomic E-state index is 14.8. The maximum atomic E-state index is 14.8. The van der Waals surface area contributed by atoms with Crippen LogP contribution in [0.15, 0.2) is 46.6 Å². The Hall–Kier alpha value is -2.94. The third kappa shape index (κ3) is 6.32. The molecule has 2 heterocycles. The number of halogens is 7. The van der Waals surface area contributed by atoms with Gasteiger partial charge in [-0.15, -0.1) is 0 Å². The molecule has 1 aliphatic rings. The molecule has 200 valence electrons. The molecule has 0 fully saturated rings. The second kappa shape index (κ2) is 10.4. The first-order valence-corrected chi connectivity index (χ1v) is 13.1. The number of carbonyl (C=O) groups excluding carboxylic acids is 2. The summed E-state index contributed by atoms with van der Waals surface area (Å²) in [6.45, 7) is -0.704. The van der Waals surface area contributed by atoms with Crippen LogP contribution in [0.3, 0.4) is 0 Å². The van der Waals surface area contributed by atoms with Gasteiger partial charge >= 0.3 is 6.18 Å². The Morgan fingerprint density at radius 1 is 1.24 bits per heavy atom. The number of hydrogen-bond donors (Lipinski definition) is 2. The lowest BCUT2D eigenvalue weighted by atomic mass is 9.77. The second-order valence-corrected chi connectivity index (χ2v) is 11.3. The quantitative estimate of drug-likeness (QED) is 0.462. The molecule has 37 heavy (non-hydrogen) atoms. The molecule has 2 N–H and O–H groups in total. The number of nitrogens with one attached hydrogen (secondary N) is 2. The van der Waals surface area contributed by atoms with Gasteiger partial charge in [-0.3, -0.25) is 14.6 Å². The first-order valence-electron chi connectivity index (χ1n) is 10.3. The molecule has 0 radical (unpaired) electrons. The number of benzene rings is 1. The Labute approximate surface area is 215 Å². The highest BCUT2D eigenvalue weighted by molar-refractivity contribution is 9.10. The molecule has 0 bridgehead atoms. The smallest absolute Gasteiger partial charge is 0.351 e. The van der Waals surface area contributed by atoms with Crippen molar-refractivity contribution >= 4 is 43.2 Å². The summed E-state index contributed by atoms with van der Waals surface area (Å²) in [5.41, 5.74) is -5.83. The van der Waals surface area contributed by atoms with Crippen molar-refractivity contribution < 1.29 is 44.3 Å². The topological polar surface area (TPSA) is 105 Å². The molecule has 1 aliphatic heterocycles. The predicted molar refractivity (Wildman–Crippen MR) is 123 cm³/mol. The van der Waals surface area contributed by atoms with Crippen molar-refractivity contribution in [2.75, 3.05) is 18.6 Å². The van der Waals surface area contributed by atoms with Gasteiger partial charge in [-0.2, -0.15) is 13.2 Å². The minimum Gasteiger partial charge on any atom is -0.351 e. The van der Waals surface area contributed by atoms with Crippen LogP contribution in [0.5, 0.6) is 0 Å². The second-order valence-electron chi connectivity index (χ2n) is 8.24. The first kappa shape index (κ1) is 28.6. The lowest BCUT2D eigenvalue weighted by Crippen LogP contribution is -2.59. The van der Waals surface area contributed by atoms with E-state index in [0.29, 0.717) is 0 Å². The van der Waals surface area contributed by atoms with Crippen molar-refractivity contribution in [2.45, 2.75) is 24.6 Å². The maximum Gasteiger partial charge on any atom is 0.416 e. The molecule has 1 atom stereocenters. The lowest BCUT2D eigenvalue weighted by Gasteiger charge is -2.41. The number of amides is 2. The van der Waals surface area contributed by atoms with Gasteiger partial charge in [0.2, 0.25) is 11.8 Å². The van der Waals surface area contributed by atoms with Crippen LogP contribution in [0.25, 0.3) is 5.57 Å². The van der Waals surface area contributed by atoms with Crippen LogP contribution in [0.2, 0.25) is 0 Å². The van der Waals surface area contributed by atoms with Crippen LogP contribution in [-0.4, -0.2) is 49.9 Å². The highest BCUT2D eigenvalue weighted by Crippen LogP contribution is 2.49. The third-order valence-electron chi connectivity index (χ3n) is 5.49. The van der Waals surface area contributed by atoms with Crippen LogP contribution >= 0.6 is 15.9 Å². The van der Waals surface area contributed by atoms with Gasteiger partial charge in [0.1, 0.15) is 11.6 Å². The van der Waals surface area contributed by atoms with E-state index in [2.05, 4.69) is 26.2 Å². The number of sulfone groups is 1. The highest BCUT2D eigenvalue weighted by atomic mass is 79.9. The minimum atomic E-state index is -5.24. The normalized spacial score (nSPS) is 18.7. The lowest BCUT2D eigenvalue weighted by molar-refractivity contribution is -0.202. The van der Waals surface area contributed by atoms with Gasteiger partial charge in [0.15, 0.2) is 15.4 Å². The zero-order chi connectivity index (χ0) is 27.8. The van der Waals surface area contributed by atoms with Gasteiger partial charge in [-0.25, -0.2) is 21.6 Å². The van der Waals surface area contributed by atoms with Gasteiger partial charge in [0.25, 0.3) is 6.43 Å². The Bertz CT molecular complexity index is 1360. The molecule has 1 aromatic heterocycles. The molecule has 2 amide bonds. The number of nitrogens with zero attached hydrogens (tertiary/aromatic N) is 1. The summed E-state index contributed by atoms with van der Waals surface area (Å²) in [5.74, 6) is -4.61. The number of carbonyl (C=O) groups is 2. The summed E-state index contributed by atoms with van der Waals surface area (Å²) >= 11 is 2.96. The van der Waals surface area contributed by atoms with Gasteiger partial charge < -0.3 is 10.6 Å². The molecule has 0 aliphatic carbocycles. The fourth-order valence-corrected chi connectivity index (χ4v) is 4.68. The number of rotatable bonds is 7. The Morgan fingerprint density at radius 2 is 1.92 bits per heavy atom. The largest absolute Gasteiger partial charge is 0.416 e. The van der Waals surface area contributed by atoms with Crippen molar-refractivity contribution in [1.29, 1.82) is 0 Å². The average molecular weight is 614 g/mol. The van der Waals surface area contributed by atoms with Crippen LogP contribution in [0.4, 0.5) is 26.3 Å². The third-order valence-corrected chi connectivity index (χ3v) is 6.77. The fourth-order valence-electron chi connectivity index (χ4n) is 3.77. The van der Waals surface area contributed by atoms with Gasteiger partial charge in [0.05, 0.1) is 5.69 Å². The van der Waals surface area contributed by atoms with Crippen molar-refractivity contribution in [3.05, 3.63) is 69.2 Å². The van der Waals surface area contributed by atoms with E-state index in [1.54, 1.807) is 5.32 Å². The van der Waals surface area contributed by atoms with Crippen molar-refractivity contribution in [3.8, 4) is 0 Å². The van der Waals surface area contributed by atoms with Crippen molar-refractivity contribution in [3.63, 3.8) is 0 Å². The summed E-state index contributed by atoms with van der Waals surface area (Å²) in [6.07, 6.45) is -7.76. The minimum absolute atomic E-state index is 0.141. The summed E-state index contributed by atoms with van der Waals surface area (Å²) in [4.78, 5) is 28.8.